The van der Waals surface area contributed by atoms with Gasteiger partial charge in [0.25, 0.3) is 0 Å². The third-order valence-electron chi connectivity index (χ3n) is 2.41. The highest BCUT2D eigenvalue weighted by Crippen LogP contribution is 2.18. The van der Waals surface area contributed by atoms with E-state index in [4.69, 9.17) is 5.11 Å². The van der Waals surface area contributed by atoms with Gasteiger partial charge >= 0.3 is 11.8 Å². The molecule has 0 spiro atoms. The van der Waals surface area contributed by atoms with E-state index >= 15 is 0 Å². The number of aliphatic hydroxyl groups is 1. The number of hydrogen-bond acceptors (Lipinski definition) is 3. The first-order valence-electron chi connectivity index (χ1n) is 5.84. The van der Waals surface area contributed by atoms with Crippen LogP contribution in [0.4, 0.5) is 5.69 Å². The van der Waals surface area contributed by atoms with Crippen molar-refractivity contribution in [2.24, 2.45) is 0 Å². The molecule has 98 valence electrons. The maximum absolute atomic E-state index is 11.5. The first-order chi connectivity index (χ1) is 8.54. The van der Waals surface area contributed by atoms with Crippen LogP contribution in [0.1, 0.15) is 25.3 Å². The second-order valence-corrected chi connectivity index (χ2v) is 4.21. The molecule has 0 aliphatic rings. The molecule has 1 aromatic rings. The average Bonchev–Trinajstić information content (AvgIpc) is 2.36. The minimum atomic E-state index is -0.751. The number of nitrogens with one attached hydrogen (secondary N) is 2. The first kappa shape index (κ1) is 14.2. The molecule has 1 rings (SSSR count). The van der Waals surface area contributed by atoms with Gasteiger partial charge in [-0.1, -0.05) is 26.0 Å². The van der Waals surface area contributed by atoms with Crippen molar-refractivity contribution < 1.29 is 14.7 Å². The van der Waals surface area contributed by atoms with E-state index in [0.717, 1.165) is 5.56 Å². The van der Waals surface area contributed by atoms with E-state index in [1.165, 1.54) is 0 Å². The average molecular weight is 250 g/mol. The summed E-state index contributed by atoms with van der Waals surface area (Å²) in [7, 11) is 0. The molecule has 0 aliphatic heterocycles. The van der Waals surface area contributed by atoms with Gasteiger partial charge in [0.2, 0.25) is 0 Å². The molecule has 3 N–H and O–H groups in total. The summed E-state index contributed by atoms with van der Waals surface area (Å²) >= 11 is 0. The van der Waals surface area contributed by atoms with Crippen LogP contribution in [0.2, 0.25) is 0 Å². The topological polar surface area (TPSA) is 78.4 Å². The third kappa shape index (κ3) is 4.18. The Bertz CT molecular complexity index is 430. The van der Waals surface area contributed by atoms with Crippen LogP contribution in [0, 0.1) is 0 Å². The van der Waals surface area contributed by atoms with Crippen molar-refractivity contribution in [3.05, 3.63) is 29.8 Å². The van der Waals surface area contributed by atoms with Gasteiger partial charge in [-0.2, -0.15) is 0 Å². The van der Waals surface area contributed by atoms with Gasteiger partial charge < -0.3 is 15.7 Å². The van der Waals surface area contributed by atoms with E-state index in [1.807, 2.05) is 18.2 Å². The van der Waals surface area contributed by atoms with Crippen molar-refractivity contribution in [1.82, 2.24) is 5.32 Å². The summed E-state index contributed by atoms with van der Waals surface area (Å²) < 4.78 is 0. The van der Waals surface area contributed by atoms with Gasteiger partial charge in [0.15, 0.2) is 0 Å². The molecule has 0 unspecified atom stereocenters. The number of hydrogen-bond donors (Lipinski definition) is 3. The van der Waals surface area contributed by atoms with Gasteiger partial charge in [0.05, 0.1) is 6.61 Å². The van der Waals surface area contributed by atoms with E-state index in [1.54, 1.807) is 6.07 Å². The van der Waals surface area contributed by atoms with Crippen LogP contribution in [0.25, 0.3) is 0 Å². The standard InChI is InChI=1S/C13H18N2O3/c1-9(2)10-4-3-5-11(8-10)15-13(18)12(17)14-6-7-16/h3-5,8-9,16H,6-7H2,1-2H3,(H,14,17)(H,15,18). The molecule has 0 heterocycles. The second-order valence-electron chi connectivity index (χ2n) is 4.21. The third-order valence-corrected chi connectivity index (χ3v) is 2.41. The van der Waals surface area contributed by atoms with E-state index in [9.17, 15) is 9.59 Å². The predicted molar refractivity (Wildman–Crippen MR) is 69.3 cm³/mol. The van der Waals surface area contributed by atoms with E-state index < -0.39 is 11.8 Å². The van der Waals surface area contributed by atoms with Crippen LogP contribution in [-0.4, -0.2) is 30.1 Å². The van der Waals surface area contributed by atoms with E-state index in [2.05, 4.69) is 24.5 Å². The van der Waals surface area contributed by atoms with E-state index in [-0.39, 0.29) is 13.2 Å². The summed E-state index contributed by atoms with van der Waals surface area (Å²) in [6, 6.07) is 7.35. The number of benzene rings is 1. The van der Waals surface area contributed by atoms with Crippen molar-refractivity contribution in [3.8, 4) is 0 Å². The maximum atomic E-state index is 11.5. The lowest BCUT2D eigenvalue weighted by Crippen LogP contribution is -2.36. The van der Waals surface area contributed by atoms with Crippen molar-refractivity contribution in [2.75, 3.05) is 18.5 Å². The molecular weight excluding hydrogens is 232 g/mol. The van der Waals surface area contributed by atoms with Crippen molar-refractivity contribution in [3.63, 3.8) is 0 Å². The van der Waals surface area contributed by atoms with Gasteiger partial charge in [-0.25, -0.2) is 0 Å². The number of carbonyl (C=O) groups is 2. The number of rotatable bonds is 4. The number of carbonyl (C=O) groups excluding carboxylic acids is 2. The highest BCUT2D eigenvalue weighted by molar-refractivity contribution is 6.39. The monoisotopic (exact) mass is 250 g/mol. The lowest BCUT2D eigenvalue weighted by molar-refractivity contribution is -0.136. The van der Waals surface area contributed by atoms with Gasteiger partial charge in [-0.3, -0.25) is 9.59 Å². The van der Waals surface area contributed by atoms with Crippen LogP contribution in [0.15, 0.2) is 24.3 Å². The minimum Gasteiger partial charge on any atom is -0.395 e. The summed E-state index contributed by atoms with van der Waals surface area (Å²) in [6.07, 6.45) is 0. The van der Waals surface area contributed by atoms with Crippen LogP contribution in [-0.2, 0) is 9.59 Å². The summed E-state index contributed by atoms with van der Waals surface area (Å²) in [5.74, 6) is -1.13. The SMILES string of the molecule is CC(C)c1cccc(NC(=O)C(=O)NCCO)c1. The molecule has 0 aliphatic carbocycles. The smallest absolute Gasteiger partial charge is 0.313 e. The first-order valence-corrected chi connectivity index (χ1v) is 5.84. The summed E-state index contributed by atoms with van der Waals surface area (Å²) in [5.41, 5.74) is 1.67. The Kier molecular flexibility index (Phi) is 5.32. The zero-order valence-corrected chi connectivity index (χ0v) is 10.6. The molecule has 0 atom stereocenters. The summed E-state index contributed by atoms with van der Waals surface area (Å²) in [5, 5.41) is 13.3. The van der Waals surface area contributed by atoms with E-state index in [0.29, 0.717) is 11.6 Å². The maximum Gasteiger partial charge on any atom is 0.313 e. The fourth-order valence-corrected chi connectivity index (χ4v) is 1.41. The Balaban J connectivity index is 2.64. The number of aliphatic hydroxyl groups excluding tert-OH is 1. The van der Waals surface area contributed by atoms with Crippen LogP contribution < -0.4 is 10.6 Å². The lowest BCUT2D eigenvalue weighted by atomic mass is 10.0. The molecule has 5 nitrogen and oxygen atoms in total. The van der Waals surface area contributed by atoms with Gasteiger partial charge in [0.1, 0.15) is 0 Å². The lowest BCUT2D eigenvalue weighted by Gasteiger charge is -2.09. The molecule has 0 saturated heterocycles. The zero-order chi connectivity index (χ0) is 13.5. The Morgan fingerprint density at radius 2 is 2.00 bits per heavy atom. The highest BCUT2D eigenvalue weighted by atomic mass is 16.3. The molecule has 0 fully saturated rings. The Morgan fingerprint density at radius 3 is 2.61 bits per heavy atom. The molecule has 1 aromatic carbocycles. The van der Waals surface area contributed by atoms with Crippen molar-refractivity contribution in [2.45, 2.75) is 19.8 Å². The minimum absolute atomic E-state index is 0.0677. The van der Waals surface area contributed by atoms with Crippen LogP contribution in [0.5, 0.6) is 0 Å². The summed E-state index contributed by atoms with van der Waals surface area (Å²) in [4.78, 5) is 22.8. The Labute approximate surface area is 106 Å². The second kappa shape index (κ2) is 6.76. The molecule has 0 aromatic heterocycles. The van der Waals surface area contributed by atoms with Crippen LogP contribution in [0.3, 0.4) is 0 Å². The normalized spacial score (nSPS) is 10.2. The molecule has 18 heavy (non-hydrogen) atoms. The van der Waals surface area contributed by atoms with Gasteiger partial charge in [0, 0.05) is 12.2 Å². The quantitative estimate of drug-likeness (QED) is 0.693. The van der Waals surface area contributed by atoms with Crippen molar-refractivity contribution >= 4 is 17.5 Å². The largest absolute Gasteiger partial charge is 0.395 e. The highest BCUT2D eigenvalue weighted by Gasteiger charge is 2.13. The Morgan fingerprint density at radius 1 is 1.28 bits per heavy atom. The molecule has 0 bridgehead atoms. The fraction of sp³-hybridized carbons (Fsp3) is 0.385. The fourth-order valence-electron chi connectivity index (χ4n) is 1.41. The molecule has 5 heteroatoms. The molecule has 0 radical (unpaired) electrons. The zero-order valence-electron chi connectivity index (χ0n) is 10.6. The van der Waals surface area contributed by atoms with Gasteiger partial charge in [-0.05, 0) is 23.6 Å². The molecule has 2 amide bonds. The summed E-state index contributed by atoms with van der Waals surface area (Å²) in [6.45, 7) is 3.98. The Hall–Kier alpha value is -1.88. The number of amides is 2. The molecular formula is C13H18N2O3. The van der Waals surface area contributed by atoms with Crippen LogP contribution >= 0.6 is 0 Å². The predicted octanol–water partition coefficient (Wildman–Crippen LogP) is 0.857. The molecule has 0 saturated carbocycles. The van der Waals surface area contributed by atoms with Gasteiger partial charge in [-0.15, -0.1) is 0 Å². The van der Waals surface area contributed by atoms with Crippen molar-refractivity contribution in [1.29, 1.82) is 0 Å². The number of anilines is 1.